The second kappa shape index (κ2) is 8.13. The first-order valence-electron chi connectivity index (χ1n) is 7.71. The lowest BCUT2D eigenvalue weighted by molar-refractivity contribution is 0.0751. The summed E-state index contributed by atoms with van der Waals surface area (Å²) in [5.74, 6) is 0. The van der Waals surface area contributed by atoms with Crippen molar-refractivity contribution >= 4 is 0 Å². The van der Waals surface area contributed by atoms with E-state index in [1.54, 1.807) is 0 Å². The molecule has 0 radical (unpaired) electrons. The number of nitrogens with one attached hydrogen (secondary N) is 1. The van der Waals surface area contributed by atoms with Crippen LogP contribution >= 0.6 is 0 Å². The highest BCUT2D eigenvalue weighted by molar-refractivity contribution is 4.88. The van der Waals surface area contributed by atoms with Gasteiger partial charge >= 0.3 is 0 Å². The summed E-state index contributed by atoms with van der Waals surface area (Å²) in [5.41, 5.74) is 0. The first kappa shape index (κ1) is 15.9. The van der Waals surface area contributed by atoms with Crippen LogP contribution in [0, 0.1) is 0 Å². The maximum Gasteiger partial charge on any atom is 0.0247 e. The third kappa shape index (κ3) is 4.22. The average molecular weight is 255 g/mol. The number of hydrogen-bond acceptors (Lipinski definition) is 3. The third-order valence-corrected chi connectivity index (χ3v) is 4.48. The van der Waals surface area contributed by atoms with E-state index in [1.807, 2.05) is 0 Å². The second-order valence-electron chi connectivity index (χ2n) is 5.91. The maximum absolute atomic E-state index is 3.54. The Balaban J connectivity index is 2.62. The van der Waals surface area contributed by atoms with Gasteiger partial charge in [-0.3, -0.25) is 4.90 Å². The largest absolute Gasteiger partial charge is 0.315 e. The molecule has 0 aliphatic carbocycles. The van der Waals surface area contributed by atoms with Crippen LogP contribution in [0.25, 0.3) is 0 Å². The molecule has 3 nitrogen and oxygen atoms in total. The first-order valence-corrected chi connectivity index (χ1v) is 7.71. The minimum absolute atomic E-state index is 0.654. The summed E-state index contributed by atoms with van der Waals surface area (Å²) in [7, 11) is 6.56. The van der Waals surface area contributed by atoms with Gasteiger partial charge in [0.1, 0.15) is 0 Å². The number of likely N-dealkylation sites (N-methyl/N-ethyl adjacent to an activating group) is 2. The highest BCUT2D eigenvalue weighted by Crippen LogP contribution is 2.21. The Bertz CT molecular complexity index is 218. The normalized spacial score (nSPS) is 25.3. The van der Waals surface area contributed by atoms with Crippen molar-refractivity contribution in [3.63, 3.8) is 0 Å². The fraction of sp³-hybridized carbons (Fsp3) is 1.00. The molecule has 3 unspecified atom stereocenters. The lowest BCUT2D eigenvalue weighted by atomic mass is 9.95. The predicted octanol–water partition coefficient (Wildman–Crippen LogP) is 2.18. The average Bonchev–Trinajstić information content (AvgIpc) is 2.39. The summed E-state index contributed by atoms with van der Waals surface area (Å²) in [6, 6.07) is 2.10. The summed E-state index contributed by atoms with van der Waals surface area (Å²) in [6.07, 6.45) is 6.52. The number of hydrogen-bond donors (Lipinski definition) is 1. The summed E-state index contributed by atoms with van der Waals surface area (Å²) < 4.78 is 0. The first-order chi connectivity index (χ1) is 8.63. The van der Waals surface area contributed by atoms with Crippen LogP contribution < -0.4 is 5.32 Å². The van der Waals surface area contributed by atoms with E-state index in [9.17, 15) is 0 Å². The van der Waals surface area contributed by atoms with Crippen LogP contribution in [-0.2, 0) is 0 Å². The van der Waals surface area contributed by atoms with Crippen LogP contribution in [-0.4, -0.2) is 62.2 Å². The number of piperidine rings is 1. The summed E-state index contributed by atoms with van der Waals surface area (Å²) >= 11 is 0. The van der Waals surface area contributed by atoms with Crippen LogP contribution in [0.5, 0.6) is 0 Å². The van der Waals surface area contributed by atoms with Crippen LogP contribution in [0.15, 0.2) is 0 Å². The van der Waals surface area contributed by atoms with Gasteiger partial charge in [-0.25, -0.2) is 0 Å². The maximum atomic E-state index is 3.54. The quantitative estimate of drug-likeness (QED) is 0.752. The summed E-state index contributed by atoms with van der Waals surface area (Å²) in [4.78, 5) is 5.12. The molecule has 0 aromatic carbocycles. The van der Waals surface area contributed by atoms with Crippen molar-refractivity contribution in [2.75, 3.05) is 34.2 Å². The Labute approximate surface area is 114 Å². The van der Waals surface area contributed by atoms with Crippen molar-refractivity contribution in [3.8, 4) is 0 Å². The van der Waals surface area contributed by atoms with Gasteiger partial charge in [0.25, 0.3) is 0 Å². The molecule has 0 amide bonds. The van der Waals surface area contributed by atoms with Crippen molar-refractivity contribution in [3.05, 3.63) is 0 Å². The van der Waals surface area contributed by atoms with E-state index < -0.39 is 0 Å². The van der Waals surface area contributed by atoms with Gasteiger partial charge < -0.3 is 10.2 Å². The molecule has 18 heavy (non-hydrogen) atoms. The number of nitrogens with zero attached hydrogens (tertiary/aromatic N) is 2. The molecule has 0 spiro atoms. The van der Waals surface area contributed by atoms with Crippen LogP contribution in [0.4, 0.5) is 0 Å². The highest BCUT2D eigenvalue weighted by atomic mass is 15.2. The molecular formula is C15H33N3. The molecule has 1 saturated heterocycles. The summed E-state index contributed by atoms with van der Waals surface area (Å²) in [6.45, 7) is 7.15. The molecule has 1 heterocycles. The topological polar surface area (TPSA) is 18.5 Å². The van der Waals surface area contributed by atoms with Crippen LogP contribution in [0.2, 0.25) is 0 Å². The van der Waals surface area contributed by atoms with Crippen LogP contribution in [0.3, 0.4) is 0 Å². The Morgan fingerprint density at radius 3 is 2.56 bits per heavy atom. The van der Waals surface area contributed by atoms with Gasteiger partial charge in [-0.2, -0.15) is 0 Å². The van der Waals surface area contributed by atoms with Crippen molar-refractivity contribution in [2.45, 2.75) is 64.1 Å². The Kier molecular flexibility index (Phi) is 7.20. The lowest BCUT2D eigenvalue weighted by Crippen LogP contribution is -2.55. The highest BCUT2D eigenvalue weighted by Gasteiger charge is 2.29. The smallest absolute Gasteiger partial charge is 0.0247 e. The van der Waals surface area contributed by atoms with E-state index in [4.69, 9.17) is 0 Å². The second-order valence-corrected chi connectivity index (χ2v) is 5.91. The Morgan fingerprint density at radius 2 is 2.06 bits per heavy atom. The standard InChI is InChI=1S/C15H33N3/c1-6-9-14(16-3)15(7-2)18-11-8-10-13(12-18)17(4)5/h13-16H,6-12H2,1-5H3. The predicted molar refractivity (Wildman–Crippen MR) is 80.1 cm³/mol. The molecule has 3 atom stereocenters. The van der Waals surface area contributed by atoms with Gasteiger partial charge in [0.2, 0.25) is 0 Å². The van der Waals surface area contributed by atoms with E-state index >= 15 is 0 Å². The van der Waals surface area contributed by atoms with Crippen molar-refractivity contribution < 1.29 is 0 Å². The van der Waals surface area contributed by atoms with Crippen molar-refractivity contribution in [1.82, 2.24) is 15.1 Å². The fourth-order valence-electron chi connectivity index (χ4n) is 3.34. The monoisotopic (exact) mass is 255 g/mol. The molecule has 1 aliphatic heterocycles. The zero-order valence-electron chi connectivity index (χ0n) is 13.1. The lowest BCUT2D eigenvalue weighted by Gasteiger charge is -2.43. The molecule has 0 saturated carbocycles. The Hall–Kier alpha value is -0.120. The molecule has 1 aliphatic rings. The van der Waals surface area contributed by atoms with Gasteiger partial charge in [0, 0.05) is 24.7 Å². The van der Waals surface area contributed by atoms with Gasteiger partial charge in [-0.05, 0) is 53.4 Å². The molecule has 0 aromatic heterocycles. The molecule has 1 rings (SSSR count). The third-order valence-electron chi connectivity index (χ3n) is 4.48. The van der Waals surface area contributed by atoms with Gasteiger partial charge in [-0.1, -0.05) is 20.3 Å². The van der Waals surface area contributed by atoms with E-state index in [-0.39, 0.29) is 0 Å². The van der Waals surface area contributed by atoms with Gasteiger partial charge in [0.05, 0.1) is 0 Å². The minimum Gasteiger partial charge on any atom is -0.315 e. The molecule has 0 bridgehead atoms. The van der Waals surface area contributed by atoms with Crippen LogP contribution in [0.1, 0.15) is 46.0 Å². The molecule has 108 valence electrons. The van der Waals surface area contributed by atoms with Crippen molar-refractivity contribution in [2.24, 2.45) is 0 Å². The molecule has 0 aromatic rings. The zero-order valence-corrected chi connectivity index (χ0v) is 13.1. The fourth-order valence-corrected chi connectivity index (χ4v) is 3.34. The van der Waals surface area contributed by atoms with Gasteiger partial charge in [0.15, 0.2) is 0 Å². The molecular weight excluding hydrogens is 222 g/mol. The molecule has 3 heteroatoms. The zero-order chi connectivity index (χ0) is 13.5. The van der Waals surface area contributed by atoms with E-state index in [2.05, 4.69) is 50.1 Å². The Morgan fingerprint density at radius 1 is 1.33 bits per heavy atom. The molecule has 1 fully saturated rings. The number of rotatable bonds is 7. The van der Waals surface area contributed by atoms with Crippen molar-refractivity contribution in [1.29, 1.82) is 0 Å². The van der Waals surface area contributed by atoms with Gasteiger partial charge in [-0.15, -0.1) is 0 Å². The molecule has 1 N–H and O–H groups in total. The minimum atomic E-state index is 0.654. The summed E-state index contributed by atoms with van der Waals surface area (Å²) in [5, 5.41) is 3.54. The van der Waals surface area contributed by atoms with E-state index in [0.717, 1.165) is 6.04 Å². The number of likely N-dealkylation sites (tertiary alicyclic amines) is 1. The SMILES string of the molecule is CCCC(NC)C(CC)N1CCCC(N(C)C)C1. The van der Waals surface area contributed by atoms with E-state index in [0.29, 0.717) is 12.1 Å². The van der Waals surface area contributed by atoms with E-state index in [1.165, 1.54) is 45.2 Å².